The van der Waals surface area contributed by atoms with E-state index in [-0.39, 0.29) is 24.0 Å². The minimum absolute atomic E-state index is 0. The van der Waals surface area contributed by atoms with Crippen molar-refractivity contribution in [2.24, 2.45) is 4.99 Å². The van der Waals surface area contributed by atoms with E-state index in [1.807, 2.05) is 7.05 Å². The first kappa shape index (κ1) is 22.4. The van der Waals surface area contributed by atoms with Gasteiger partial charge in [-0.15, -0.1) is 24.0 Å². The molecule has 1 aliphatic carbocycles. The van der Waals surface area contributed by atoms with Crippen molar-refractivity contribution in [3.63, 3.8) is 0 Å². The zero-order chi connectivity index (χ0) is 18.0. The Morgan fingerprint density at radius 1 is 1.04 bits per heavy atom. The van der Waals surface area contributed by atoms with Crippen LogP contribution in [-0.4, -0.2) is 38.4 Å². The van der Waals surface area contributed by atoms with Gasteiger partial charge in [0.15, 0.2) is 5.96 Å². The van der Waals surface area contributed by atoms with E-state index in [1.165, 1.54) is 43.2 Å². The van der Waals surface area contributed by atoms with E-state index in [4.69, 9.17) is 9.47 Å². The zero-order valence-electron chi connectivity index (χ0n) is 16.4. The summed E-state index contributed by atoms with van der Waals surface area (Å²) in [5, 5.41) is 6.98. The van der Waals surface area contributed by atoms with Crippen LogP contribution in [0.25, 0.3) is 0 Å². The van der Waals surface area contributed by atoms with Crippen LogP contribution < -0.4 is 10.6 Å². The molecule has 1 aromatic carbocycles. The van der Waals surface area contributed by atoms with Gasteiger partial charge in [0.25, 0.3) is 0 Å². The van der Waals surface area contributed by atoms with Crippen LogP contribution in [0.15, 0.2) is 29.3 Å². The number of nitrogens with one attached hydrogen (secondary N) is 2. The van der Waals surface area contributed by atoms with Crippen LogP contribution in [0, 0.1) is 0 Å². The summed E-state index contributed by atoms with van der Waals surface area (Å²) in [5.74, 6) is 0.906. The third kappa shape index (κ3) is 7.95. The van der Waals surface area contributed by atoms with Gasteiger partial charge >= 0.3 is 0 Å². The van der Waals surface area contributed by atoms with Crippen molar-refractivity contribution in [1.82, 2.24) is 10.6 Å². The Labute approximate surface area is 180 Å². The molecule has 2 fully saturated rings. The lowest BCUT2D eigenvalue weighted by atomic mass is 9.96. The standard InChI is InChI=1S/C21H33N3O2.HI/c1-22-21(24-19-5-3-2-4-6-19)23-15-17-7-9-18(10-8-17)16-26-20-11-13-25-14-12-20;/h7-10,19-20H,2-6,11-16H2,1H3,(H2,22,23,24);1H. The van der Waals surface area contributed by atoms with E-state index >= 15 is 0 Å². The number of guanidine groups is 1. The number of hydrogen-bond donors (Lipinski definition) is 2. The molecule has 0 atom stereocenters. The van der Waals surface area contributed by atoms with Gasteiger partial charge in [-0.2, -0.15) is 0 Å². The molecule has 1 aliphatic heterocycles. The average Bonchev–Trinajstić information content (AvgIpc) is 2.72. The number of benzene rings is 1. The van der Waals surface area contributed by atoms with Crippen molar-refractivity contribution in [2.45, 2.75) is 70.2 Å². The molecule has 1 heterocycles. The Morgan fingerprint density at radius 2 is 1.70 bits per heavy atom. The second-order valence-electron chi connectivity index (χ2n) is 7.34. The summed E-state index contributed by atoms with van der Waals surface area (Å²) < 4.78 is 11.4. The number of aliphatic imine (C=N–C) groups is 1. The largest absolute Gasteiger partial charge is 0.381 e. The average molecular weight is 487 g/mol. The van der Waals surface area contributed by atoms with Crippen molar-refractivity contribution in [2.75, 3.05) is 20.3 Å². The van der Waals surface area contributed by atoms with Crippen molar-refractivity contribution in [1.29, 1.82) is 0 Å². The second kappa shape index (κ2) is 12.6. The molecule has 2 N–H and O–H groups in total. The summed E-state index contributed by atoms with van der Waals surface area (Å²) in [7, 11) is 1.84. The molecule has 0 unspecified atom stereocenters. The fraction of sp³-hybridized carbons (Fsp3) is 0.667. The normalized spacial score (nSPS) is 19.4. The fourth-order valence-electron chi connectivity index (χ4n) is 3.63. The lowest BCUT2D eigenvalue weighted by Crippen LogP contribution is -2.43. The Morgan fingerprint density at radius 3 is 2.37 bits per heavy atom. The molecule has 1 aromatic rings. The number of ether oxygens (including phenoxy) is 2. The number of nitrogens with zero attached hydrogens (tertiary/aromatic N) is 1. The topological polar surface area (TPSA) is 54.9 Å². The fourth-order valence-corrected chi connectivity index (χ4v) is 3.63. The Kier molecular flexibility index (Phi) is 10.4. The summed E-state index contributed by atoms with van der Waals surface area (Å²) in [5.41, 5.74) is 2.48. The van der Waals surface area contributed by atoms with Crippen molar-refractivity contribution in [3.05, 3.63) is 35.4 Å². The van der Waals surface area contributed by atoms with Gasteiger partial charge in [0.2, 0.25) is 0 Å². The van der Waals surface area contributed by atoms with Gasteiger partial charge in [0.1, 0.15) is 0 Å². The molecular formula is C21H34IN3O2. The molecule has 2 aliphatic rings. The highest BCUT2D eigenvalue weighted by molar-refractivity contribution is 14.0. The van der Waals surface area contributed by atoms with E-state index in [1.54, 1.807) is 0 Å². The summed E-state index contributed by atoms with van der Waals surface area (Å²) >= 11 is 0. The number of halogens is 1. The molecule has 6 heteroatoms. The lowest BCUT2D eigenvalue weighted by Gasteiger charge is -2.25. The molecule has 5 nitrogen and oxygen atoms in total. The monoisotopic (exact) mass is 487 g/mol. The highest BCUT2D eigenvalue weighted by Crippen LogP contribution is 2.17. The maximum atomic E-state index is 5.98. The molecule has 152 valence electrons. The molecule has 0 radical (unpaired) electrons. The van der Waals surface area contributed by atoms with Gasteiger partial charge in [0, 0.05) is 32.8 Å². The first-order valence-corrected chi connectivity index (χ1v) is 10.1. The quantitative estimate of drug-likeness (QED) is 0.362. The first-order chi connectivity index (χ1) is 12.8. The molecule has 0 amide bonds. The molecule has 0 spiro atoms. The predicted octanol–water partition coefficient (Wildman–Crippen LogP) is 4.00. The van der Waals surface area contributed by atoms with E-state index in [9.17, 15) is 0 Å². The van der Waals surface area contributed by atoms with Gasteiger partial charge in [0.05, 0.1) is 12.7 Å². The van der Waals surface area contributed by atoms with Crippen LogP contribution in [-0.2, 0) is 22.6 Å². The second-order valence-corrected chi connectivity index (χ2v) is 7.34. The molecular weight excluding hydrogens is 453 g/mol. The summed E-state index contributed by atoms with van der Waals surface area (Å²) in [6.07, 6.45) is 8.89. The van der Waals surface area contributed by atoms with Gasteiger partial charge in [-0.05, 0) is 36.8 Å². The molecule has 27 heavy (non-hydrogen) atoms. The van der Waals surface area contributed by atoms with Gasteiger partial charge in [-0.25, -0.2) is 0 Å². The minimum Gasteiger partial charge on any atom is -0.381 e. The van der Waals surface area contributed by atoms with Crippen molar-refractivity contribution in [3.8, 4) is 0 Å². The third-order valence-electron chi connectivity index (χ3n) is 5.31. The third-order valence-corrected chi connectivity index (χ3v) is 5.31. The molecule has 3 rings (SSSR count). The maximum absolute atomic E-state index is 5.98. The minimum atomic E-state index is 0. The van der Waals surface area contributed by atoms with E-state index in [0.29, 0.717) is 18.8 Å². The number of rotatable bonds is 6. The first-order valence-electron chi connectivity index (χ1n) is 10.1. The highest BCUT2D eigenvalue weighted by Gasteiger charge is 2.15. The zero-order valence-corrected chi connectivity index (χ0v) is 18.7. The lowest BCUT2D eigenvalue weighted by molar-refractivity contribution is -0.0390. The summed E-state index contributed by atoms with van der Waals surface area (Å²) in [6.45, 7) is 3.12. The van der Waals surface area contributed by atoms with Crippen LogP contribution in [0.1, 0.15) is 56.1 Å². The van der Waals surface area contributed by atoms with Crippen LogP contribution in [0.5, 0.6) is 0 Å². The Hall–Kier alpha value is -0.860. The van der Waals surface area contributed by atoms with Crippen LogP contribution >= 0.6 is 24.0 Å². The van der Waals surface area contributed by atoms with E-state index < -0.39 is 0 Å². The van der Waals surface area contributed by atoms with Crippen molar-refractivity contribution >= 4 is 29.9 Å². The highest BCUT2D eigenvalue weighted by atomic mass is 127. The predicted molar refractivity (Wildman–Crippen MR) is 121 cm³/mol. The van der Waals surface area contributed by atoms with E-state index in [2.05, 4.69) is 39.9 Å². The SMILES string of the molecule is CN=C(NCc1ccc(COC2CCOCC2)cc1)NC1CCCCC1.I. The molecule has 0 bridgehead atoms. The summed E-state index contributed by atoms with van der Waals surface area (Å²) in [6, 6.07) is 9.23. The summed E-state index contributed by atoms with van der Waals surface area (Å²) in [4.78, 5) is 4.36. The van der Waals surface area contributed by atoms with Crippen LogP contribution in [0.3, 0.4) is 0 Å². The van der Waals surface area contributed by atoms with Gasteiger partial charge in [-0.1, -0.05) is 43.5 Å². The maximum Gasteiger partial charge on any atom is 0.191 e. The van der Waals surface area contributed by atoms with Crippen LogP contribution in [0.4, 0.5) is 0 Å². The smallest absolute Gasteiger partial charge is 0.191 e. The van der Waals surface area contributed by atoms with E-state index in [0.717, 1.165) is 38.6 Å². The Balaban J connectivity index is 0.00000261. The van der Waals surface area contributed by atoms with Gasteiger partial charge in [-0.3, -0.25) is 4.99 Å². The molecule has 1 saturated carbocycles. The van der Waals surface area contributed by atoms with Crippen LogP contribution in [0.2, 0.25) is 0 Å². The number of hydrogen-bond acceptors (Lipinski definition) is 3. The molecule has 0 aromatic heterocycles. The van der Waals surface area contributed by atoms with Gasteiger partial charge < -0.3 is 20.1 Å². The Bertz CT molecular complexity index is 553. The molecule has 1 saturated heterocycles. The van der Waals surface area contributed by atoms with Crippen molar-refractivity contribution < 1.29 is 9.47 Å².